The Kier molecular flexibility index (Phi) is 2.76. The van der Waals surface area contributed by atoms with E-state index in [2.05, 4.69) is 27.9 Å². The molecule has 0 saturated carbocycles. The van der Waals surface area contributed by atoms with Crippen LogP contribution in [0.4, 0.5) is 0 Å². The van der Waals surface area contributed by atoms with Crippen molar-refractivity contribution in [3.63, 3.8) is 0 Å². The molecule has 0 aliphatic heterocycles. The number of aryl methyl sites for hydroxylation is 1. The molecule has 0 amide bonds. The van der Waals surface area contributed by atoms with E-state index in [1.54, 1.807) is 11.3 Å². The molecule has 1 atom stereocenters. The van der Waals surface area contributed by atoms with Crippen LogP contribution in [0.3, 0.4) is 0 Å². The molecule has 3 rings (SSSR count). The van der Waals surface area contributed by atoms with Gasteiger partial charge in [0, 0.05) is 22.3 Å². The van der Waals surface area contributed by atoms with E-state index in [9.17, 15) is 5.11 Å². The Morgan fingerprint density at radius 3 is 3.24 bits per heavy atom. The normalized spacial score (nSPS) is 19.3. The van der Waals surface area contributed by atoms with Crippen LogP contribution >= 0.6 is 11.3 Å². The number of thiazole rings is 1. The molecule has 2 aromatic rings. The number of fused-ring (bicyclic) bond motifs is 1. The summed E-state index contributed by atoms with van der Waals surface area (Å²) in [5.41, 5.74) is 6.63. The number of aliphatic hydroxyl groups excluding tert-OH is 1. The Morgan fingerprint density at radius 2 is 2.47 bits per heavy atom. The predicted molar refractivity (Wildman–Crippen MR) is 68.3 cm³/mol. The third-order valence-corrected chi connectivity index (χ3v) is 4.14. The van der Waals surface area contributed by atoms with Gasteiger partial charge in [0.1, 0.15) is 0 Å². The predicted octanol–water partition coefficient (Wildman–Crippen LogP) is 2.67. The number of nitrogens with zero attached hydrogens (tertiary/aromatic N) is 2. The molecule has 0 saturated heterocycles. The molecule has 2 heterocycles. The van der Waals surface area contributed by atoms with Gasteiger partial charge in [-0.3, -0.25) is 0 Å². The van der Waals surface area contributed by atoms with Crippen molar-refractivity contribution in [2.45, 2.75) is 38.8 Å². The minimum Gasteiger partial charge on any atom is -0.388 e. The van der Waals surface area contributed by atoms with Crippen molar-refractivity contribution in [3.8, 4) is 0 Å². The monoisotopic (exact) mass is 248 g/mol. The average Bonchev–Trinajstić information content (AvgIpc) is 2.91. The Hall–Kier alpha value is -1.13. The van der Waals surface area contributed by atoms with Gasteiger partial charge < -0.3 is 9.67 Å². The van der Waals surface area contributed by atoms with Crippen molar-refractivity contribution < 1.29 is 5.11 Å². The molecule has 17 heavy (non-hydrogen) atoms. The van der Waals surface area contributed by atoms with Crippen LogP contribution in [0.1, 0.15) is 41.6 Å². The molecule has 0 fully saturated rings. The zero-order valence-corrected chi connectivity index (χ0v) is 10.7. The van der Waals surface area contributed by atoms with Gasteiger partial charge in [-0.15, -0.1) is 11.3 Å². The van der Waals surface area contributed by atoms with Gasteiger partial charge in [-0.05, 0) is 32.3 Å². The molecule has 1 aliphatic carbocycles. The van der Waals surface area contributed by atoms with Gasteiger partial charge >= 0.3 is 0 Å². The molecule has 4 heteroatoms. The third kappa shape index (κ3) is 1.91. The second kappa shape index (κ2) is 4.27. The largest absolute Gasteiger partial charge is 0.388 e. The molecule has 1 unspecified atom stereocenters. The van der Waals surface area contributed by atoms with Gasteiger partial charge in [-0.25, -0.2) is 4.98 Å². The summed E-state index contributed by atoms with van der Waals surface area (Å²) >= 11 is 1.63. The topological polar surface area (TPSA) is 38.0 Å². The van der Waals surface area contributed by atoms with Crippen LogP contribution in [0.25, 0.3) is 0 Å². The van der Waals surface area contributed by atoms with Crippen LogP contribution < -0.4 is 0 Å². The first-order valence-corrected chi connectivity index (χ1v) is 6.94. The summed E-state index contributed by atoms with van der Waals surface area (Å²) in [5.74, 6) is 0. The Bertz CT molecular complexity index is 516. The fourth-order valence-corrected chi connectivity index (χ4v) is 3.19. The zero-order valence-electron chi connectivity index (χ0n) is 9.89. The maximum Gasteiger partial charge on any atom is 0.0807 e. The molecule has 3 nitrogen and oxygen atoms in total. The van der Waals surface area contributed by atoms with E-state index in [1.807, 2.05) is 5.51 Å². The highest BCUT2D eigenvalue weighted by Gasteiger charge is 2.23. The van der Waals surface area contributed by atoms with Gasteiger partial charge in [0.2, 0.25) is 0 Å². The van der Waals surface area contributed by atoms with Crippen LogP contribution in [0.15, 0.2) is 17.0 Å². The Labute approximate surface area is 105 Å². The summed E-state index contributed by atoms with van der Waals surface area (Å²) < 4.78 is 2.30. The summed E-state index contributed by atoms with van der Waals surface area (Å²) in [7, 11) is 0. The first kappa shape index (κ1) is 11.0. The van der Waals surface area contributed by atoms with E-state index >= 15 is 0 Å². The highest BCUT2D eigenvalue weighted by Crippen LogP contribution is 2.32. The summed E-state index contributed by atoms with van der Waals surface area (Å²) in [5, 5.41) is 12.1. The highest BCUT2D eigenvalue weighted by molar-refractivity contribution is 7.07. The Morgan fingerprint density at radius 1 is 1.59 bits per heavy atom. The SMILES string of the molecule is Cc1cc2c(n1Cc1cscn1)CCCC2O. The molecule has 1 N–H and O–H groups in total. The molecule has 2 aromatic heterocycles. The standard InChI is InChI=1S/C13H16N2OS/c1-9-5-11-12(3-2-4-13(11)16)15(9)6-10-7-17-8-14-10/h5,7-8,13,16H,2-4,6H2,1H3. The number of aliphatic hydroxyl groups is 1. The summed E-state index contributed by atoms with van der Waals surface area (Å²) in [4.78, 5) is 4.34. The van der Waals surface area contributed by atoms with Crippen molar-refractivity contribution in [2.75, 3.05) is 0 Å². The van der Waals surface area contributed by atoms with Crippen LogP contribution in [-0.4, -0.2) is 14.7 Å². The Balaban J connectivity index is 1.99. The van der Waals surface area contributed by atoms with Crippen molar-refractivity contribution in [2.24, 2.45) is 0 Å². The number of rotatable bonds is 2. The van der Waals surface area contributed by atoms with Crippen LogP contribution in [0.2, 0.25) is 0 Å². The van der Waals surface area contributed by atoms with E-state index in [0.717, 1.165) is 37.1 Å². The average molecular weight is 248 g/mol. The summed E-state index contributed by atoms with van der Waals surface area (Å²) in [6.07, 6.45) is 2.78. The maximum absolute atomic E-state index is 10.00. The fourth-order valence-electron chi connectivity index (χ4n) is 2.64. The fraction of sp³-hybridized carbons (Fsp3) is 0.462. The number of hydrogen-bond acceptors (Lipinski definition) is 3. The minimum absolute atomic E-state index is 0.269. The maximum atomic E-state index is 10.00. The van der Waals surface area contributed by atoms with E-state index in [1.165, 1.54) is 11.4 Å². The second-order valence-corrected chi connectivity index (χ2v) is 5.38. The molecular formula is C13H16N2OS. The first-order chi connectivity index (χ1) is 8.25. The molecular weight excluding hydrogens is 232 g/mol. The number of hydrogen-bond donors (Lipinski definition) is 1. The minimum atomic E-state index is -0.269. The van der Waals surface area contributed by atoms with Crippen molar-refractivity contribution in [1.82, 2.24) is 9.55 Å². The summed E-state index contributed by atoms with van der Waals surface area (Å²) in [6.45, 7) is 2.94. The van der Waals surface area contributed by atoms with Gasteiger partial charge in [-0.1, -0.05) is 0 Å². The van der Waals surface area contributed by atoms with Gasteiger partial charge in [0.15, 0.2) is 0 Å². The van der Waals surface area contributed by atoms with E-state index in [4.69, 9.17) is 0 Å². The molecule has 1 aliphatic rings. The second-order valence-electron chi connectivity index (χ2n) is 4.66. The van der Waals surface area contributed by atoms with Crippen molar-refractivity contribution in [1.29, 1.82) is 0 Å². The molecule has 0 bridgehead atoms. The number of aromatic nitrogens is 2. The van der Waals surface area contributed by atoms with E-state index < -0.39 is 0 Å². The molecule has 90 valence electrons. The highest BCUT2D eigenvalue weighted by atomic mass is 32.1. The van der Waals surface area contributed by atoms with Crippen LogP contribution in [0.5, 0.6) is 0 Å². The molecule has 0 aromatic carbocycles. The van der Waals surface area contributed by atoms with Crippen LogP contribution in [-0.2, 0) is 13.0 Å². The lowest BCUT2D eigenvalue weighted by molar-refractivity contribution is 0.155. The van der Waals surface area contributed by atoms with Gasteiger partial charge in [-0.2, -0.15) is 0 Å². The van der Waals surface area contributed by atoms with Gasteiger partial charge in [0.05, 0.1) is 23.9 Å². The lowest BCUT2D eigenvalue weighted by Crippen LogP contribution is -2.13. The van der Waals surface area contributed by atoms with Crippen LogP contribution in [0, 0.1) is 6.92 Å². The lowest BCUT2D eigenvalue weighted by atomic mass is 9.95. The third-order valence-electron chi connectivity index (χ3n) is 3.50. The smallest absolute Gasteiger partial charge is 0.0807 e. The lowest BCUT2D eigenvalue weighted by Gasteiger charge is -2.20. The van der Waals surface area contributed by atoms with E-state index in [-0.39, 0.29) is 6.10 Å². The summed E-state index contributed by atoms with van der Waals surface area (Å²) in [6, 6.07) is 2.13. The molecule has 0 spiro atoms. The quantitative estimate of drug-likeness (QED) is 0.887. The first-order valence-electron chi connectivity index (χ1n) is 5.99. The van der Waals surface area contributed by atoms with Gasteiger partial charge in [0.25, 0.3) is 0 Å². The van der Waals surface area contributed by atoms with Crippen molar-refractivity contribution >= 4 is 11.3 Å². The van der Waals surface area contributed by atoms with E-state index in [0.29, 0.717) is 0 Å². The molecule has 0 radical (unpaired) electrons. The van der Waals surface area contributed by atoms with Crippen molar-refractivity contribution in [3.05, 3.63) is 39.6 Å². The zero-order chi connectivity index (χ0) is 11.8.